The third-order valence-electron chi connectivity index (χ3n) is 3.00. The fourth-order valence-corrected chi connectivity index (χ4v) is 1.98. The number of amides is 1. The van der Waals surface area contributed by atoms with Crippen molar-refractivity contribution >= 4 is 22.6 Å². The lowest BCUT2D eigenvalue weighted by atomic mass is 10.2. The highest BCUT2D eigenvalue weighted by Gasteiger charge is 2.12. The van der Waals surface area contributed by atoms with E-state index in [0.717, 1.165) is 10.9 Å². The maximum Gasteiger partial charge on any atom is 0.291 e. The molecule has 4 heteroatoms. The van der Waals surface area contributed by atoms with Crippen molar-refractivity contribution in [3.05, 3.63) is 65.7 Å². The molecule has 0 fully saturated rings. The first-order valence-corrected chi connectivity index (χ1v) is 6.19. The molecule has 0 saturated heterocycles. The number of anilines is 1. The number of benzene rings is 2. The van der Waals surface area contributed by atoms with Crippen molar-refractivity contribution in [2.75, 3.05) is 5.32 Å². The van der Waals surface area contributed by atoms with Crippen LogP contribution in [0.1, 0.15) is 16.1 Å². The molecule has 0 bridgehead atoms. The summed E-state index contributed by atoms with van der Waals surface area (Å²) in [5, 5.41) is 3.54. The topological polar surface area (TPSA) is 42.2 Å². The van der Waals surface area contributed by atoms with Crippen LogP contribution in [0.15, 0.2) is 52.9 Å². The lowest BCUT2D eigenvalue weighted by Gasteiger charge is -2.02. The Kier molecular flexibility index (Phi) is 2.99. The average molecular weight is 269 g/mol. The van der Waals surface area contributed by atoms with Gasteiger partial charge in [-0.25, -0.2) is 4.39 Å². The van der Waals surface area contributed by atoms with Crippen LogP contribution in [0.5, 0.6) is 0 Å². The molecule has 3 aromatic rings. The maximum atomic E-state index is 12.8. The van der Waals surface area contributed by atoms with E-state index in [-0.39, 0.29) is 17.5 Å². The SMILES string of the molecule is Cc1ccc2cc(C(=O)Nc3ccc(F)cc3)oc2c1. The Hall–Kier alpha value is -2.62. The summed E-state index contributed by atoms with van der Waals surface area (Å²) in [7, 11) is 0. The van der Waals surface area contributed by atoms with Crippen LogP contribution in [0, 0.1) is 12.7 Å². The lowest BCUT2D eigenvalue weighted by Crippen LogP contribution is -2.10. The fraction of sp³-hybridized carbons (Fsp3) is 0.0625. The molecule has 2 aromatic carbocycles. The van der Waals surface area contributed by atoms with E-state index in [2.05, 4.69) is 5.32 Å². The molecule has 0 spiro atoms. The van der Waals surface area contributed by atoms with Gasteiger partial charge in [0.25, 0.3) is 5.91 Å². The van der Waals surface area contributed by atoms with Crippen LogP contribution in [0.2, 0.25) is 0 Å². The minimum atomic E-state index is -0.356. The summed E-state index contributed by atoms with van der Waals surface area (Å²) in [5.41, 5.74) is 2.26. The van der Waals surface area contributed by atoms with Crippen molar-refractivity contribution in [2.45, 2.75) is 6.92 Å². The van der Waals surface area contributed by atoms with Gasteiger partial charge >= 0.3 is 0 Å². The predicted octanol–water partition coefficient (Wildman–Crippen LogP) is 4.13. The minimum Gasteiger partial charge on any atom is -0.451 e. The van der Waals surface area contributed by atoms with Crippen molar-refractivity contribution in [1.82, 2.24) is 0 Å². The highest BCUT2D eigenvalue weighted by molar-refractivity contribution is 6.04. The highest BCUT2D eigenvalue weighted by Crippen LogP contribution is 2.21. The van der Waals surface area contributed by atoms with Gasteiger partial charge in [-0.2, -0.15) is 0 Å². The number of furan rings is 1. The molecule has 0 aliphatic heterocycles. The summed E-state index contributed by atoms with van der Waals surface area (Å²) in [5.74, 6) is -0.470. The van der Waals surface area contributed by atoms with Gasteiger partial charge in [-0.3, -0.25) is 4.79 Å². The second kappa shape index (κ2) is 4.81. The molecule has 3 rings (SSSR count). The van der Waals surface area contributed by atoms with E-state index in [1.165, 1.54) is 24.3 Å². The Morgan fingerprint density at radius 1 is 1.10 bits per heavy atom. The van der Waals surface area contributed by atoms with Gasteiger partial charge in [0, 0.05) is 11.1 Å². The third kappa shape index (κ3) is 2.40. The molecule has 1 heterocycles. The van der Waals surface area contributed by atoms with E-state index in [9.17, 15) is 9.18 Å². The van der Waals surface area contributed by atoms with Crippen LogP contribution in [0.4, 0.5) is 10.1 Å². The molecular formula is C16H12FNO2. The fourth-order valence-electron chi connectivity index (χ4n) is 1.98. The molecular weight excluding hydrogens is 257 g/mol. The summed E-state index contributed by atoms with van der Waals surface area (Å²) in [4.78, 5) is 12.1. The van der Waals surface area contributed by atoms with E-state index in [1.54, 1.807) is 6.07 Å². The number of rotatable bonds is 2. The maximum absolute atomic E-state index is 12.8. The number of nitrogens with one attached hydrogen (secondary N) is 1. The van der Waals surface area contributed by atoms with Crippen LogP contribution >= 0.6 is 0 Å². The Balaban J connectivity index is 1.86. The first kappa shape index (κ1) is 12.4. The molecule has 0 aliphatic carbocycles. The average Bonchev–Trinajstić information content (AvgIpc) is 2.84. The van der Waals surface area contributed by atoms with Gasteiger partial charge in [0.15, 0.2) is 5.76 Å². The van der Waals surface area contributed by atoms with E-state index >= 15 is 0 Å². The molecule has 0 unspecified atom stereocenters. The molecule has 3 nitrogen and oxygen atoms in total. The highest BCUT2D eigenvalue weighted by atomic mass is 19.1. The second-order valence-corrected chi connectivity index (χ2v) is 4.61. The molecule has 0 saturated carbocycles. The van der Waals surface area contributed by atoms with Crippen molar-refractivity contribution in [1.29, 1.82) is 0 Å². The Labute approximate surface area is 115 Å². The number of carbonyl (C=O) groups excluding carboxylic acids is 1. The number of halogens is 1. The zero-order chi connectivity index (χ0) is 14.1. The summed E-state index contributed by atoms with van der Waals surface area (Å²) in [6, 6.07) is 13.0. The molecule has 1 aromatic heterocycles. The van der Waals surface area contributed by atoms with Crippen LogP contribution < -0.4 is 5.32 Å². The summed E-state index contributed by atoms with van der Waals surface area (Å²) >= 11 is 0. The van der Waals surface area contributed by atoms with Gasteiger partial charge in [0.1, 0.15) is 11.4 Å². The van der Waals surface area contributed by atoms with Crippen molar-refractivity contribution in [3.8, 4) is 0 Å². The van der Waals surface area contributed by atoms with Gasteiger partial charge in [-0.1, -0.05) is 12.1 Å². The van der Waals surface area contributed by atoms with Crippen LogP contribution in [-0.2, 0) is 0 Å². The Bertz CT molecular complexity index is 775. The third-order valence-corrected chi connectivity index (χ3v) is 3.00. The van der Waals surface area contributed by atoms with Crippen LogP contribution in [0.3, 0.4) is 0 Å². The number of carbonyl (C=O) groups is 1. The number of aryl methyl sites for hydroxylation is 1. The molecule has 0 radical (unpaired) electrons. The second-order valence-electron chi connectivity index (χ2n) is 4.61. The molecule has 20 heavy (non-hydrogen) atoms. The minimum absolute atomic E-state index is 0.231. The van der Waals surface area contributed by atoms with Gasteiger partial charge < -0.3 is 9.73 Å². The first-order valence-electron chi connectivity index (χ1n) is 6.19. The number of hydrogen-bond donors (Lipinski definition) is 1. The van der Waals surface area contributed by atoms with Gasteiger partial charge in [0.2, 0.25) is 0 Å². The van der Waals surface area contributed by atoms with Gasteiger partial charge in [-0.05, 0) is 48.9 Å². The van der Waals surface area contributed by atoms with Crippen molar-refractivity contribution in [3.63, 3.8) is 0 Å². The molecule has 0 aliphatic rings. The summed E-state index contributed by atoms with van der Waals surface area (Å²) in [6.45, 7) is 1.96. The molecule has 0 atom stereocenters. The standard InChI is InChI=1S/C16H12FNO2/c1-10-2-3-11-9-15(20-14(11)8-10)16(19)18-13-6-4-12(17)5-7-13/h2-9H,1H3,(H,18,19). The van der Waals surface area contributed by atoms with Crippen LogP contribution in [0.25, 0.3) is 11.0 Å². The molecule has 100 valence electrons. The lowest BCUT2D eigenvalue weighted by molar-refractivity contribution is 0.0998. The van der Waals surface area contributed by atoms with E-state index in [4.69, 9.17) is 4.42 Å². The summed E-state index contributed by atoms with van der Waals surface area (Å²) in [6.07, 6.45) is 0. The van der Waals surface area contributed by atoms with Gasteiger partial charge in [-0.15, -0.1) is 0 Å². The van der Waals surface area contributed by atoms with E-state index in [0.29, 0.717) is 11.3 Å². The Morgan fingerprint density at radius 3 is 2.60 bits per heavy atom. The quantitative estimate of drug-likeness (QED) is 0.760. The molecule has 1 N–H and O–H groups in total. The zero-order valence-electron chi connectivity index (χ0n) is 10.8. The normalized spacial score (nSPS) is 10.7. The number of fused-ring (bicyclic) bond motifs is 1. The predicted molar refractivity (Wildman–Crippen MR) is 75.3 cm³/mol. The Morgan fingerprint density at radius 2 is 1.85 bits per heavy atom. The van der Waals surface area contributed by atoms with Gasteiger partial charge in [0.05, 0.1) is 0 Å². The smallest absolute Gasteiger partial charge is 0.291 e. The number of hydrogen-bond acceptors (Lipinski definition) is 2. The molecule has 1 amide bonds. The zero-order valence-corrected chi connectivity index (χ0v) is 10.8. The summed E-state index contributed by atoms with van der Waals surface area (Å²) < 4.78 is 18.3. The van der Waals surface area contributed by atoms with E-state index in [1.807, 2.05) is 25.1 Å². The first-order chi connectivity index (χ1) is 9.61. The van der Waals surface area contributed by atoms with Crippen molar-refractivity contribution in [2.24, 2.45) is 0 Å². The van der Waals surface area contributed by atoms with Crippen LogP contribution in [-0.4, -0.2) is 5.91 Å². The van der Waals surface area contributed by atoms with Crippen molar-refractivity contribution < 1.29 is 13.6 Å². The monoisotopic (exact) mass is 269 g/mol. The largest absolute Gasteiger partial charge is 0.451 e. The van der Waals surface area contributed by atoms with E-state index < -0.39 is 0 Å².